The van der Waals surface area contributed by atoms with Crippen LogP contribution < -0.4 is 0 Å². The first-order valence-electron chi connectivity index (χ1n) is 5.16. The third-order valence-corrected chi connectivity index (χ3v) is 3.75. The third-order valence-electron chi connectivity index (χ3n) is 2.61. The molecule has 0 fully saturated rings. The number of cyclic esters (lactones) is 1. The molecule has 0 radical (unpaired) electrons. The van der Waals surface area contributed by atoms with Gasteiger partial charge in [-0.1, -0.05) is 18.2 Å². The van der Waals surface area contributed by atoms with Gasteiger partial charge in [-0.3, -0.25) is 0 Å². The van der Waals surface area contributed by atoms with Crippen molar-refractivity contribution in [3.63, 3.8) is 0 Å². The van der Waals surface area contributed by atoms with Crippen molar-refractivity contribution in [3.05, 3.63) is 41.3 Å². The molecule has 1 aliphatic rings. The van der Waals surface area contributed by atoms with Gasteiger partial charge < -0.3 is 4.74 Å². The molecule has 2 heterocycles. The quantitative estimate of drug-likeness (QED) is 0.703. The Morgan fingerprint density at radius 1 is 1.31 bits per heavy atom. The summed E-state index contributed by atoms with van der Waals surface area (Å²) in [6, 6.07) is 10.2. The average molecular weight is 230 g/mol. The van der Waals surface area contributed by atoms with Gasteiger partial charge in [0.2, 0.25) is 0 Å². The van der Waals surface area contributed by atoms with Crippen LogP contribution in [0.4, 0.5) is 0 Å². The molecule has 16 heavy (non-hydrogen) atoms. The maximum absolute atomic E-state index is 11.6. The van der Waals surface area contributed by atoms with E-state index in [1.54, 1.807) is 11.3 Å². The number of rotatable bonds is 1. The van der Waals surface area contributed by atoms with E-state index < -0.39 is 0 Å². The molecule has 0 saturated carbocycles. The summed E-state index contributed by atoms with van der Waals surface area (Å²) in [5.41, 5.74) is 0.703. The Kier molecular flexibility index (Phi) is 2.07. The van der Waals surface area contributed by atoms with Gasteiger partial charge in [0, 0.05) is 9.58 Å². The summed E-state index contributed by atoms with van der Waals surface area (Å²) in [6.45, 7) is 1.87. The minimum atomic E-state index is -0.209. The van der Waals surface area contributed by atoms with Gasteiger partial charge in [-0.25, -0.2) is 4.79 Å². The van der Waals surface area contributed by atoms with E-state index in [4.69, 9.17) is 4.74 Å². The molecular weight excluding hydrogens is 220 g/mol. The van der Waals surface area contributed by atoms with Crippen LogP contribution in [0.2, 0.25) is 0 Å². The molecule has 1 unspecified atom stereocenters. The Morgan fingerprint density at radius 3 is 2.81 bits per heavy atom. The lowest BCUT2D eigenvalue weighted by atomic mass is 10.2. The highest BCUT2D eigenvalue weighted by atomic mass is 32.1. The van der Waals surface area contributed by atoms with Crippen LogP contribution in [0.1, 0.15) is 11.8 Å². The average Bonchev–Trinajstić information content (AvgIpc) is 2.81. The van der Waals surface area contributed by atoms with Crippen molar-refractivity contribution in [2.24, 2.45) is 0 Å². The number of thiophene rings is 1. The smallest absolute Gasteiger partial charge is 0.339 e. The summed E-state index contributed by atoms with van der Waals surface area (Å²) < 4.78 is 6.30. The second-order valence-corrected chi connectivity index (χ2v) is 4.92. The van der Waals surface area contributed by atoms with E-state index in [2.05, 4.69) is 12.1 Å². The molecule has 1 aliphatic heterocycles. The largest absolute Gasteiger partial charge is 0.455 e. The van der Waals surface area contributed by atoms with Crippen LogP contribution in [-0.2, 0) is 9.53 Å². The molecule has 0 bridgehead atoms. The summed E-state index contributed by atoms with van der Waals surface area (Å²) >= 11 is 1.63. The van der Waals surface area contributed by atoms with Crippen LogP contribution in [0.3, 0.4) is 0 Å². The van der Waals surface area contributed by atoms with Gasteiger partial charge in [0.05, 0.1) is 5.57 Å². The van der Waals surface area contributed by atoms with Crippen LogP contribution in [0.5, 0.6) is 0 Å². The first kappa shape index (κ1) is 9.60. The highest BCUT2D eigenvalue weighted by Crippen LogP contribution is 2.33. The molecule has 1 atom stereocenters. The Morgan fingerprint density at radius 2 is 2.12 bits per heavy atom. The number of carbonyl (C=O) groups excluding carboxylic acids is 1. The molecule has 2 aromatic rings. The van der Waals surface area contributed by atoms with Crippen molar-refractivity contribution in [2.75, 3.05) is 0 Å². The summed E-state index contributed by atoms with van der Waals surface area (Å²) in [5, 5.41) is 1.18. The maximum Gasteiger partial charge on any atom is 0.339 e. The number of esters is 1. The molecule has 1 aromatic carbocycles. The Labute approximate surface area is 97.2 Å². The monoisotopic (exact) mass is 230 g/mol. The van der Waals surface area contributed by atoms with Crippen LogP contribution in [0.15, 0.2) is 36.4 Å². The lowest BCUT2D eigenvalue weighted by molar-refractivity contribution is -0.137. The van der Waals surface area contributed by atoms with E-state index in [0.717, 1.165) is 4.88 Å². The molecule has 0 spiro atoms. The normalized spacial score (nSPS) is 19.9. The molecule has 1 aromatic heterocycles. The highest BCUT2D eigenvalue weighted by Gasteiger charge is 2.24. The van der Waals surface area contributed by atoms with Crippen molar-refractivity contribution in [3.8, 4) is 0 Å². The predicted molar refractivity (Wildman–Crippen MR) is 65.4 cm³/mol. The number of ether oxygens (including phenoxy) is 1. The van der Waals surface area contributed by atoms with Gasteiger partial charge in [0.15, 0.2) is 0 Å². The van der Waals surface area contributed by atoms with Crippen molar-refractivity contribution < 1.29 is 9.53 Å². The van der Waals surface area contributed by atoms with Crippen LogP contribution in [-0.4, -0.2) is 12.1 Å². The number of carbonyl (C=O) groups is 1. The van der Waals surface area contributed by atoms with Gasteiger partial charge in [0.25, 0.3) is 0 Å². The van der Waals surface area contributed by atoms with Crippen LogP contribution in [0.25, 0.3) is 15.7 Å². The molecule has 0 saturated heterocycles. The van der Waals surface area contributed by atoms with Crippen LogP contribution >= 0.6 is 11.3 Å². The first-order valence-corrected chi connectivity index (χ1v) is 5.97. The number of hydrogen-bond donors (Lipinski definition) is 0. The fraction of sp³-hybridized carbons (Fsp3) is 0.154. The Bertz CT molecular complexity index is 562. The predicted octanol–water partition coefficient (Wildman–Crippen LogP) is 3.23. The minimum Gasteiger partial charge on any atom is -0.455 e. The van der Waals surface area contributed by atoms with Crippen molar-refractivity contribution in [1.29, 1.82) is 0 Å². The standard InChI is InChI=1S/C13H10O2S/c1-8-6-10(13(14)15-8)12-7-9-4-2-3-5-11(9)16-12/h2-8H,1H3. The van der Waals surface area contributed by atoms with Crippen molar-refractivity contribution in [1.82, 2.24) is 0 Å². The SMILES string of the molecule is CC1C=C(c2cc3ccccc3s2)C(=O)O1. The summed E-state index contributed by atoms with van der Waals surface area (Å²) in [4.78, 5) is 12.6. The zero-order valence-corrected chi connectivity index (χ0v) is 9.58. The molecule has 3 rings (SSSR count). The maximum atomic E-state index is 11.6. The van der Waals surface area contributed by atoms with Gasteiger partial charge in [0.1, 0.15) is 6.10 Å². The molecule has 2 nitrogen and oxygen atoms in total. The van der Waals surface area contributed by atoms with Gasteiger partial charge in [-0.15, -0.1) is 11.3 Å². The topological polar surface area (TPSA) is 26.3 Å². The van der Waals surface area contributed by atoms with E-state index >= 15 is 0 Å². The second-order valence-electron chi connectivity index (χ2n) is 3.84. The fourth-order valence-corrected chi connectivity index (χ4v) is 2.94. The summed E-state index contributed by atoms with van der Waals surface area (Å²) in [6.07, 6.45) is 1.78. The molecule has 0 amide bonds. The van der Waals surface area contributed by atoms with E-state index in [0.29, 0.717) is 5.57 Å². The van der Waals surface area contributed by atoms with Gasteiger partial charge in [-0.05, 0) is 30.5 Å². The molecule has 3 heteroatoms. The fourth-order valence-electron chi connectivity index (χ4n) is 1.87. The lowest BCUT2D eigenvalue weighted by Crippen LogP contribution is -2.02. The third kappa shape index (κ3) is 1.44. The Balaban J connectivity index is 2.13. The molecule has 0 N–H and O–H groups in total. The second kappa shape index (κ2) is 3.46. The molecule has 0 aliphatic carbocycles. The van der Waals surface area contributed by atoms with E-state index in [9.17, 15) is 4.79 Å². The minimum absolute atomic E-state index is 0.104. The highest BCUT2D eigenvalue weighted by molar-refractivity contribution is 7.20. The van der Waals surface area contributed by atoms with E-state index in [-0.39, 0.29) is 12.1 Å². The molecule has 80 valence electrons. The Hall–Kier alpha value is -1.61. The van der Waals surface area contributed by atoms with Crippen molar-refractivity contribution >= 4 is 33.0 Å². The number of hydrogen-bond acceptors (Lipinski definition) is 3. The lowest BCUT2D eigenvalue weighted by Gasteiger charge is -1.97. The van der Waals surface area contributed by atoms with Crippen LogP contribution in [0, 0.1) is 0 Å². The van der Waals surface area contributed by atoms with E-state index in [1.807, 2.05) is 31.2 Å². The van der Waals surface area contributed by atoms with Crippen molar-refractivity contribution in [2.45, 2.75) is 13.0 Å². The number of benzene rings is 1. The van der Waals surface area contributed by atoms with Gasteiger partial charge in [-0.2, -0.15) is 0 Å². The summed E-state index contributed by atoms with van der Waals surface area (Å²) in [5.74, 6) is -0.209. The first-order chi connectivity index (χ1) is 7.74. The van der Waals surface area contributed by atoms with E-state index in [1.165, 1.54) is 10.1 Å². The van der Waals surface area contributed by atoms with Gasteiger partial charge >= 0.3 is 5.97 Å². The zero-order valence-electron chi connectivity index (χ0n) is 8.77. The number of fused-ring (bicyclic) bond motifs is 1. The summed E-state index contributed by atoms with van der Waals surface area (Å²) in [7, 11) is 0. The zero-order chi connectivity index (χ0) is 11.1. The molecular formula is C13H10O2S.